The highest BCUT2D eigenvalue weighted by molar-refractivity contribution is 6.31. The first-order valence-electron chi connectivity index (χ1n) is 10.1. The number of amides is 1. The number of halogens is 1. The molecule has 0 spiro atoms. The molecule has 2 aliphatic heterocycles. The third-order valence-corrected chi connectivity index (χ3v) is 5.51. The minimum Gasteiger partial charge on any atom is -0.368 e. The van der Waals surface area contributed by atoms with E-state index < -0.39 is 5.82 Å². The quantitative estimate of drug-likeness (QED) is 0.636. The Hall–Kier alpha value is -3.94. The second-order valence-corrected chi connectivity index (χ2v) is 7.39. The van der Waals surface area contributed by atoms with Crippen LogP contribution in [0.15, 0.2) is 67.1 Å². The summed E-state index contributed by atoms with van der Waals surface area (Å²) in [6, 6.07) is 14.4. The van der Waals surface area contributed by atoms with Crippen molar-refractivity contribution in [1.29, 1.82) is 0 Å². The number of rotatable bonds is 4. The minimum absolute atomic E-state index is 0.288. The highest BCUT2D eigenvalue weighted by Gasteiger charge is 2.27. The Kier molecular flexibility index (Phi) is 4.95. The van der Waals surface area contributed by atoms with E-state index in [1.807, 2.05) is 30.3 Å². The Morgan fingerprint density at radius 2 is 1.65 bits per heavy atom. The number of benzene rings is 2. The number of nitrogens with one attached hydrogen (secondary N) is 2. The van der Waals surface area contributed by atoms with Gasteiger partial charge in [-0.05, 0) is 42.5 Å². The summed E-state index contributed by atoms with van der Waals surface area (Å²) in [5.41, 5.74) is 3.04. The van der Waals surface area contributed by atoms with E-state index in [1.54, 1.807) is 30.7 Å². The van der Waals surface area contributed by atoms with E-state index in [1.165, 1.54) is 6.07 Å². The van der Waals surface area contributed by atoms with Crippen molar-refractivity contribution < 1.29 is 9.18 Å². The van der Waals surface area contributed by atoms with Crippen LogP contribution in [0.3, 0.4) is 0 Å². The van der Waals surface area contributed by atoms with Gasteiger partial charge in [-0.1, -0.05) is 6.07 Å². The van der Waals surface area contributed by atoms with E-state index in [4.69, 9.17) is 0 Å². The number of hydrogen-bond acceptors (Lipinski definition) is 6. The molecule has 1 fully saturated rings. The summed E-state index contributed by atoms with van der Waals surface area (Å²) in [6.45, 7) is 3.48. The molecule has 3 heterocycles. The Morgan fingerprint density at radius 1 is 0.935 bits per heavy atom. The zero-order valence-corrected chi connectivity index (χ0v) is 16.8. The largest absolute Gasteiger partial charge is 0.368 e. The second kappa shape index (κ2) is 8.06. The van der Waals surface area contributed by atoms with Crippen LogP contribution in [0.4, 0.5) is 27.4 Å². The van der Waals surface area contributed by atoms with Crippen LogP contribution in [-0.4, -0.2) is 42.1 Å². The van der Waals surface area contributed by atoms with Crippen molar-refractivity contribution in [1.82, 2.24) is 9.97 Å². The summed E-state index contributed by atoms with van der Waals surface area (Å²) in [6.07, 6.45) is 5.08. The standard InChI is InChI=1S/C23H21FN6O/c24-19-3-1-4-20-21(19)18(22(31)28-20)15-27-16-5-7-17(8-6-16)29-11-13-30(14-12-29)23-25-9-2-10-26-23/h1-10,15,27H,11-14H2,(H,28,31). The third-order valence-electron chi connectivity index (χ3n) is 5.51. The van der Waals surface area contributed by atoms with Gasteiger partial charge in [0.1, 0.15) is 5.82 Å². The Balaban J connectivity index is 1.24. The van der Waals surface area contributed by atoms with Gasteiger partial charge in [0.15, 0.2) is 0 Å². The number of nitrogens with zero attached hydrogens (tertiary/aromatic N) is 4. The number of fused-ring (bicyclic) bond motifs is 1. The Morgan fingerprint density at radius 3 is 2.39 bits per heavy atom. The van der Waals surface area contributed by atoms with Crippen molar-refractivity contribution in [3.8, 4) is 0 Å². The molecular weight excluding hydrogens is 395 g/mol. The second-order valence-electron chi connectivity index (χ2n) is 7.39. The number of aromatic nitrogens is 2. The van der Waals surface area contributed by atoms with Gasteiger partial charge in [-0.15, -0.1) is 0 Å². The maximum absolute atomic E-state index is 14.2. The molecule has 0 radical (unpaired) electrons. The fraction of sp³-hybridized carbons (Fsp3) is 0.174. The van der Waals surface area contributed by atoms with Crippen LogP contribution in [0.5, 0.6) is 0 Å². The number of anilines is 4. The van der Waals surface area contributed by atoms with Gasteiger partial charge in [0, 0.05) is 61.7 Å². The minimum atomic E-state index is -0.417. The molecule has 2 N–H and O–H groups in total. The first kappa shape index (κ1) is 19.0. The molecule has 2 aliphatic rings. The van der Waals surface area contributed by atoms with E-state index in [9.17, 15) is 9.18 Å². The first-order chi connectivity index (χ1) is 15.2. The molecule has 0 unspecified atom stereocenters. The van der Waals surface area contributed by atoms with Crippen LogP contribution in [0.2, 0.25) is 0 Å². The molecular formula is C23H21FN6O. The van der Waals surface area contributed by atoms with E-state index in [0.29, 0.717) is 11.3 Å². The first-order valence-corrected chi connectivity index (χ1v) is 10.1. The van der Waals surface area contributed by atoms with Crippen molar-refractivity contribution in [2.75, 3.05) is 46.6 Å². The lowest BCUT2D eigenvalue weighted by atomic mass is 10.1. The molecule has 0 saturated carbocycles. The van der Waals surface area contributed by atoms with Crippen LogP contribution in [-0.2, 0) is 4.79 Å². The fourth-order valence-corrected chi connectivity index (χ4v) is 3.89. The van der Waals surface area contributed by atoms with Crippen LogP contribution in [0, 0.1) is 5.82 Å². The van der Waals surface area contributed by atoms with Crippen LogP contribution in [0.25, 0.3) is 5.57 Å². The molecule has 8 heteroatoms. The summed E-state index contributed by atoms with van der Waals surface area (Å²) in [7, 11) is 0. The lowest BCUT2D eigenvalue weighted by Crippen LogP contribution is -2.47. The third kappa shape index (κ3) is 3.79. The van der Waals surface area contributed by atoms with Crippen LogP contribution >= 0.6 is 0 Å². The molecule has 5 rings (SSSR count). The molecule has 31 heavy (non-hydrogen) atoms. The smallest absolute Gasteiger partial charge is 0.257 e. The van der Waals surface area contributed by atoms with Gasteiger partial charge in [0.05, 0.1) is 11.3 Å². The van der Waals surface area contributed by atoms with Gasteiger partial charge in [0.2, 0.25) is 5.95 Å². The predicted molar refractivity (Wildman–Crippen MR) is 120 cm³/mol. The van der Waals surface area contributed by atoms with E-state index in [-0.39, 0.29) is 11.5 Å². The molecule has 156 valence electrons. The van der Waals surface area contributed by atoms with Gasteiger partial charge in [-0.3, -0.25) is 4.79 Å². The van der Waals surface area contributed by atoms with Crippen molar-refractivity contribution in [2.45, 2.75) is 0 Å². The van der Waals surface area contributed by atoms with E-state index in [0.717, 1.165) is 43.5 Å². The van der Waals surface area contributed by atoms with Crippen molar-refractivity contribution in [3.63, 3.8) is 0 Å². The van der Waals surface area contributed by atoms with Gasteiger partial charge < -0.3 is 20.4 Å². The summed E-state index contributed by atoms with van der Waals surface area (Å²) in [5.74, 6) is 0.0347. The van der Waals surface area contributed by atoms with Gasteiger partial charge in [-0.2, -0.15) is 0 Å². The van der Waals surface area contributed by atoms with E-state index >= 15 is 0 Å². The molecule has 0 atom stereocenters. The number of piperazine rings is 1. The molecule has 0 bridgehead atoms. The molecule has 1 amide bonds. The fourth-order valence-electron chi connectivity index (χ4n) is 3.89. The van der Waals surface area contributed by atoms with Crippen LogP contribution < -0.4 is 20.4 Å². The maximum atomic E-state index is 14.2. The normalized spacial score (nSPS) is 16.9. The number of carbonyl (C=O) groups excluding carboxylic acids is 1. The summed E-state index contributed by atoms with van der Waals surface area (Å²) in [5, 5.41) is 5.80. The van der Waals surface area contributed by atoms with Crippen molar-refractivity contribution >= 4 is 34.5 Å². The SMILES string of the molecule is O=C1Nc2cccc(F)c2C1=CNc1ccc(N2CCN(c3ncccn3)CC2)cc1. The highest BCUT2D eigenvalue weighted by Crippen LogP contribution is 2.33. The topological polar surface area (TPSA) is 73.4 Å². The van der Waals surface area contributed by atoms with Gasteiger partial charge in [0.25, 0.3) is 5.91 Å². The Labute approximate surface area is 179 Å². The summed E-state index contributed by atoms with van der Waals surface area (Å²) < 4.78 is 14.2. The van der Waals surface area contributed by atoms with Crippen LogP contribution in [0.1, 0.15) is 5.56 Å². The lowest BCUT2D eigenvalue weighted by molar-refractivity contribution is -0.110. The molecule has 3 aromatic rings. The maximum Gasteiger partial charge on any atom is 0.257 e. The zero-order valence-electron chi connectivity index (χ0n) is 16.8. The summed E-state index contributed by atoms with van der Waals surface area (Å²) >= 11 is 0. The van der Waals surface area contributed by atoms with Crippen molar-refractivity contribution in [3.05, 3.63) is 78.5 Å². The average molecular weight is 416 g/mol. The van der Waals surface area contributed by atoms with Gasteiger partial charge in [-0.25, -0.2) is 14.4 Å². The van der Waals surface area contributed by atoms with E-state index in [2.05, 4.69) is 30.4 Å². The summed E-state index contributed by atoms with van der Waals surface area (Å²) in [4.78, 5) is 25.3. The monoisotopic (exact) mass is 416 g/mol. The average Bonchev–Trinajstić information content (AvgIpc) is 3.15. The molecule has 0 aliphatic carbocycles. The molecule has 1 saturated heterocycles. The molecule has 7 nitrogen and oxygen atoms in total. The number of hydrogen-bond donors (Lipinski definition) is 2. The highest BCUT2D eigenvalue weighted by atomic mass is 19.1. The Bertz CT molecular complexity index is 1120. The predicted octanol–water partition coefficient (Wildman–Crippen LogP) is 3.35. The van der Waals surface area contributed by atoms with Crippen molar-refractivity contribution in [2.24, 2.45) is 0 Å². The van der Waals surface area contributed by atoms with Gasteiger partial charge >= 0.3 is 0 Å². The molecule has 1 aromatic heterocycles. The number of carbonyl (C=O) groups is 1. The molecule has 2 aromatic carbocycles. The lowest BCUT2D eigenvalue weighted by Gasteiger charge is -2.36. The zero-order chi connectivity index (χ0) is 21.2.